The number of hydrogen-bond acceptors (Lipinski definition) is 6. The van der Waals surface area contributed by atoms with Crippen LogP contribution in [0.1, 0.15) is 49.1 Å². The van der Waals surface area contributed by atoms with Crippen molar-refractivity contribution in [2.24, 2.45) is 0 Å². The van der Waals surface area contributed by atoms with Crippen molar-refractivity contribution < 1.29 is 19.0 Å². The summed E-state index contributed by atoms with van der Waals surface area (Å²) < 4.78 is 18.0. The zero-order valence-electron chi connectivity index (χ0n) is 18.5. The minimum atomic E-state index is -0.274. The number of nitrogens with one attached hydrogen (secondary N) is 2. The van der Waals surface area contributed by atoms with Crippen molar-refractivity contribution in [2.45, 2.75) is 38.0 Å². The van der Waals surface area contributed by atoms with Crippen molar-refractivity contribution in [1.29, 1.82) is 5.41 Å². The van der Waals surface area contributed by atoms with Crippen LogP contribution in [0.15, 0.2) is 45.8 Å². The Labute approximate surface area is 206 Å². The molecule has 1 amide bonds. The quantitative estimate of drug-likeness (QED) is 0.318. The van der Waals surface area contributed by atoms with Gasteiger partial charge in [0.05, 0.1) is 16.5 Å². The van der Waals surface area contributed by atoms with Crippen LogP contribution in [-0.4, -0.2) is 31.4 Å². The summed E-state index contributed by atoms with van der Waals surface area (Å²) in [6.45, 7) is 0.762. The van der Waals surface area contributed by atoms with E-state index < -0.39 is 0 Å². The highest BCUT2D eigenvalue weighted by Gasteiger charge is 2.23. The van der Waals surface area contributed by atoms with Crippen LogP contribution in [0.3, 0.4) is 0 Å². The van der Waals surface area contributed by atoms with Crippen LogP contribution < -0.4 is 19.5 Å². The van der Waals surface area contributed by atoms with E-state index in [0.29, 0.717) is 40.0 Å². The Morgan fingerprint density at radius 2 is 1.85 bits per heavy atom. The van der Waals surface area contributed by atoms with E-state index in [0.717, 1.165) is 23.1 Å². The zero-order chi connectivity index (χ0) is 23.2. The van der Waals surface area contributed by atoms with Gasteiger partial charge < -0.3 is 19.5 Å². The Kier molecular flexibility index (Phi) is 7.98. The first-order chi connectivity index (χ1) is 16.0. The van der Waals surface area contributed by atoms with E-state index in [1.165, 1.54) is 37.7 Å². The Morgan fingerprint density at radius 3 is 2.52 bits per heavy atom. The number of halogens is 1. The lowest BCUT2D eigenvalue weighted by molar-refractivity contribution is -0.115. The summed E-state index contributed by atoms with van der Waals surface area (Å²) in [5.41, 5.74) is 2.18. The molecular weight excluding hydrogens is 504 g/mol. The maximum Gasteiger partial charge on any atom is 0.264 e. The molecule has 0 atom stereocenters. The summed E-state index contributed by atoms with van der Waals surface area (Å²) in [5.74, 6) is 2.38. The van der Waals surface area contributed by atoms with Gasteiger partial charge in [0.25, 0.3) is 5.91 Å². The summed E-state index contributed by atoms with van der Waals surface area (Å²) >= 11 is 4.63. The lowest BCUT2D eigenvalue weighted by Crippen LogP contribution is -2.18. The zero-order valence-corrected chi connectivity index (χ0v) is 20.9. The van der Waals surface area contributed by atoms with Crippen molar-refractivity contribution in [1.82, 2.24) is 5.32 Å². The van der Waals surface area contributed by atoms with Gasteiger partial charge in [0.2, 0.25) is 0 Å². The fourth-order valence-electron chi connectivity index (χ4n) is 4.13. The van der Waals surface area contributed by atoms with Crippen molar-refractivity contribution in [3.63, 3.8) is 0 Å². The van der Waals surface area contributed by atoms with Crippen LogP contribution in [0.25, 0.3) is 6.08 Å². The largest absolute Gasteiger partial charge is 0.493 e. The Bertz CT molecular complexity index is 1050. The van der Waals surface area contributed by atoms with E-state index in [4.69, 9.17) is 19.6 Å². The molecule has 33 heavy (non-hydrogen) atoms. The molecule has 0 radical (unpaired) electrons. The number of amides is 1. The number of carbonyl (C=O) groups is 1. The molecule has 1 saturated carbocycles. The maximum atomic E-state index is 11.9. The second kappa shape index (κ2) is 11.1. The van der Waals surface area contributed by atoms with Crippen LogP contribution in [-0.2, 0) is 4.79 Å². The summed E-state index contributed by atoms with van der Waals surface area (Å²) in [6.07, 6.45) is 8.32. The summed E-state index contributed by atoms with van der Waals surface area (Å²) in [7, 11) is 1.57. The lowest BCUT2D eigenvalue weighted by atomic mass is 9.84. The monoisotopic (exact) mass is 530 g/mol. The molecule has 2 aliphatic rings. The van der Waals surface area contributed by atoms with E-state index in [1.807, 2.05) is 18.2 Å². The summed E-state index contributed by atoms with van der Waals surface area (Å²) in [6, 6.07) is 12.1. The van der Waals surface area contributed by atoms with E-state index in [9.17, 15) is 4.79 Å². The van der Waals surface area contributed by atoms with Gasteiger partial charge in [-0.05, 0) is 87.9 Å². The third kappa shape index (κ3) is 6.12. The second-order valence-corrected chi connectivity index (χ2v) is 9.94. The average molecular weight is 531 g/mol. The van der Waals surface area contributed by atoms with Crippen molar-refractivity contribution >= 4 is 44.8 Å². The van der Waals surface area contributed by atoms with Gasteiger partial charge >= 0.3 is 0 Å². The Hall–Kier alpha value is -2.45. The molecule has 1 saturated heterocycles. The van der Waals surface area contributed by atoms with Gasteiger partial charge in [-0.3, -0.25) is 10.2 Å². The molecular formula is C25H27BrN2O4S. The molecule has 2 aromatic rings. The average Bonchev–Trinajstić information content (AvgIpc) is 3.14. The predicted molar refractivity (Wildman–Crippen MR) is 135 cm³/mol. The van der Waals surface area contributed by atoms with Gasteiger partial charge in [-0.1, -0.05) is 31.4 Å². The summed E-state index contributed by atoms with van der Waals surface area (Å²) in [5, 5.41) is 10.2. The molecule has 0 unspecified atom stereocenters. The first-order valence-electron chi connectivity index (χ1n) is 11.1. The highest BCUT2D eigenvalue weighted by atomic mass is 79.9. The molecule has 2 aromatic carbocycles. The van der Waals surface area contributed by atoms with Gasteiger partial charge in [-0.15, -0.1) is 0 Å². The molecule has 8 heteroatoms. The fourth-order valence-corrected chi connectivity index (χ4v) is 5.41. The topological polar surface area (TPSA) is 80.6 Å². The SMILES string of the molecule is COc1cc(/C=C2\SC(=N)NC2=O)cc(Br)c1OCCOc1ccc(C2CCCCC2)cc1. The molecule has 1 aliphatic heterocycles. The summed E-state index contributed by atoms with van der Waals surface area (Å²) in [4.78, 5) is 12.3. The molecule has 1 aliphatic carbocycles. The van der Waals surface area contributed by atoms with Crippen LogP contribution >= 0.6 is 27.7 Å². The molecule has 2 fully saturated rings. The van der Waals surface area contributed by atoms with Gasteiger partial charge in [-0.2, -0.15) is 0 Å². The Morgan fingerprint density at radius 1 is 1.12 bits per heavy atom. The normalized spacial score (nSPS) is 17.8. The van der Waals surface area contributed by atoms with Crippen molar-refractivity contribution in [3.8, 4) is 17.2 Å². The molecule has 0 bridgehead atoms. The predicted octanol–water partition coefficient (Wildman–Crippen LogP) is 6.10. The number of hydrogen-bond donors (Lipinski definition) is 2. The molecule has 1 heterocycles. The highest BCUT2D eigenvalue weighted by molar-refractivity contribution is 9.10. The van der Waals surface area contributed by atoms with E-state index in [1.54, 1.807) is 19.3 Å². The van der Waals surface area contributed by atoms with Crippen LogP contribution in [0, 0.1) is 5.41 Å². The molecule has 2 N–H and O–H groups in total. The number of carbonyl (C=O) groups excluding carboxylic acids is 1. The van der Waals surface area contributed by atoms with Crippen LogP contribution in [0.4, 0.5) is 0 Å². The second-order valence-electron chi connectivity index (χ2n) is 8.03. The van der Waals surface area contributed by atoms with E-state index in [-0.39, 0.29) is 11.1 Å². The standard InChI is InChI=1S/C25H27BrN2O4S/c1-30-21-14-16(15-22-24(29)28-25(27)33-22)13-20(26)23(21)32-12-11-31-19-9-7-18(8-10-19)17-5-3-2-4-6-17/h7-10,13-15,17H,2-6,11-12H2,1H3,(H2,27,28,29)/b22-15-. The number of amidine groups is 1. The van der Waals surface area contributed by atoms with Gasteiger partial charge in [0, 0.05) is 0 Å². The highest BCUT2D eigenvalue weighted by Crippen LogP contribution is 2.38. The van der Waals surface area contributed by atoms with Gasteiger partial charge in [0.1, 0.15) is 19.0 Å². The molecule has 6 nitrogen and oxygen atoms in total. The number of methoxy groups -OCH3 is 1. The lowest BCUT2D eigenvalue weighted by Gasteiger charge is -2.22. The molecule has 4 rings (SSSR count). The maximum absolute atomic E-state index is 11.9. The molecule has 0 spiro atoms. The number of thioether (sulfide) groups is 1. The Balaban J connectivity index is 1.33. The molecule has 174 valence electrons. The van der Waals surface area contributed by atoms with E-state index >= 15 is 0 Å². The van der Waals surface area contributed by atoms with Crippen LogP contribution in [0.2, 0.25) is 0 Å². The minimum absolute atomic E-state index is 0.126. The number of rotatable bonds is 8. The third-order valence-electron chi connectivity index (χ3n) is 5.77. The van der Waals surface area contributed by atoms with Crippen LogP contribution in [0.5, 0.6) is 17.2 Å². The van der Waals surface area contributed by atoms with Gasteiger partial charge in [0.15, 0.2) is 16.7 Å². The van der Waals surface area contributed by atoms with Crippen molar-refractivity contribution in [3.05, 3.63) is 56.9 Å². The molecule has 0 aromatic heterocycles. The van der Waals surface area contributed by atoms with Crippen molar-refractivity contribution in [2.75, 3.05) is 20.3 Å². The van der Waals surface area contributed by atoms with Gasteiger partial charge in [-0.25, -0.2) is 0 Å². The minimum Gasteiger partial charge on any atom is -0.493 e. The first-order valence-corrected chi connectivity index (χ1v) is 12.7. The number of ether oxygens (including phenoxy) is 3. The van der Waals surface area contributed by atoms with E-state index in [2.05, 4.69) is 33.4 Å². The number of benzene rings is 2. The third-order valence-corrected chi connectivity index (χ3v) is 7.19. The smallest absolute Gasteiger partial charge is 0.264 e. The fraction of sp³-hybridized carbons (Fsp3) is 0.360. The first kappa shape index (κ1) is 23.7.